The summed E-state index contributed by atoms with van der Waals surface area (Å²) in [5, 5.41) is 11.6. The zero-order valence-electron chi connectivity index (χ0n) is 23.9. The summed E-state index contributed by atoms with van der Waals surface area (Å²) in [7, 11) is -4.11. The van der Waals surface area contributed by atoms with Gasteiger partial charge in [0, 0.05) is 55.4 Å². The number of hydrogen-bond acceptors (Lipinski definition) is 8. The molecule has 14 heteroatoms. The Morgan fingerprint density at radius 1 is 1.12 bits per heavy atom. The van der Waals surface area contributed by atoms with Crippen molar-refractivity contribution in [2.75, 3.05) is 19.6 Å². The van der Waals surface area contributed by atoms with Crippen LogP contribution in [0.5, 0.6) is 0 Å². The Morgan fingerprint density at radius 2 is 1.93 bits per heavy atom. The summed E-state index contributed by atoms with van der Waals surface area (Å²) in [6.07, 6.45) is 12.4. The Balaban J connectivity index is 1.17. The number of aromatic nitrogens is 5. The van der Waals surface area contributed by atoms with Gasteiger partial charge in [-0.05, 0) is 69.3 Å². The predicted octanol–water partition coefficient (Wildman–Crippen LogP) is 3.78. The zero-order valence-corrected chi connectivity index (χ0v) is 26.2. The molecular weight excluding hydrogens is 611 g/mol. The number of halogens is 2. The van der Waals surface area contributed by atoms with Crippen molar-refractivity contribution in [3.05, 3.63) is 75.8 Å². The number of hydrogen-bond donors (Lipinski definition) is 1. The maximum absolute atomic E-state index is 13.5. The van der Waals surface area contributed by atoms with Gasteiger partial charge in [-0.2, -0.15) is 0 Å². The first-order chi connectivity index (χ1) is 20.7. The van der Waals surface area contributed by atoms with E-state index in [2.05, 4.69) is 27.5 Å². The van der Waals surface area contributed by atoms with Crippen LogP contribution in [0.25, 0.3) is 0 Å². The first kappa shape index (κ1) is 30.0. The van der Waals surface area contributed by atoms with Crippen LogP contribution in [-0.2, 0) is 34.1 Å². The lowest BCUT2D eigenvalue weighted by atomic mass is 9.92. The van der Waals surface area contributed by atoms with Gasteiger partial charge in [0.05, 0.1) is 26.7 Å². The van der Waals surface area contributed by atoms with Gasteiger partial charge in [-0.3, -0.25) is 9.10 Å². The molecule has 4 heterocycles. The Labute approximate surface area is 261 Å². The average Bonchev–Trinajstić information content (AvgIpc) is 3.47. The quantitative estimate of drug-likeness (QED) is 0.393. The number of piperidine rings is 1. The number of carbonyl (C=O) groups is 1. The predicted molar refractivity (Wildman–Crippen MR) is 162 cm³/mol. The fraction of sp³-hybridized carbons (Fsp3) is 0.483. The Kier molecular flexibility index (Phi) is 8.72. The zero-order chi connectivity index (χ0) is 30.1. The molecule has 1 aromatic carbocycles. The molecular formula is C29H34Cl2N8O3S. The van der Waals surface area contributed by atoms with E-state index < -0.39 is 22.0 Å². The molecule has 2 atom stereocenters. The van der Waals surface area contributed by atoms with Crippen LogP contribution in [-0.4, -0.2) is 74.2 Å². The molecule has 0 bridgehead atoms. The number of likely N-dealkylation sites (tertiary alicyclic amines) is 1. The van der Waals surface area contributed by atoms with Gasteiger partial charge < -0.3 is 10.2 Å². The van der Waals surface area contributed by atoms with Crippen LogP contribution in [0.15, 0.2) is 47.9 Å². The molecule has 1 fully saturated rings. The maximum Gasteiger partial charge on any atom is 0.264 e. The van der Waals surface area contributed by atoms with Gasteiger partial charge in [0.25, 0.3) is 10.0 Å². The largest absolute Gasteiger partial charge is 0.329 e. The number of amides is 1. The summed E-state index contributed by atoms with van der Waals surface area (Å²) in [4.78, 5) is 25.0. The summed E-state index contributed by atoms with van der Waals surface area (Å²) in [5.41, 5.74) is 2.56. The van der Waals surface area contributed by atoms with Crippen molar-refractivity contribution in [2.45, 2.75) is 68.8 Å². The Hall–Kier alpha value is -3.06. The number of fused-ring (bicyclic) bond motifs is 1. The molecule has 43 heavy (non-hydrogen) atoms. The minimum Gasteiger partial charge on any atom is -0.329 e. The van der Waals surface area contributed by atoms with Gasteiger partial charge in [0.1, 0.15) is 11.9 Å². The van der Waals surface area contributed by atoms with E-state index in [1.165, 1.54) is 43.4 Å². The van der Waals surface area contributed by atoms with E-state index >= 15 is 0 Å². The molecule has 3 aliphatic rings. The topological polar surface area (TPSA) is 126 Å². The fourth-order valence-corrected chi connectivity index (χ4v) is 7.80. The van der Waals surface area contributed by atoms with E-state index in [4.69, 9.17) is 33.2 Å². The van der Waals surface area contributed by atoms with Crippen LogP contribution in [0, 0.1) is 5.92 Å². The van der Waals surface area contributed by atoms with Crippen LogP contribution < -0.4 is 5.32 Å². The van der Waals surface area contributed by atoms with Crippen LogP contribution in [0.1, 0.15) is 61.4 Å². The van der Waals surface area contributed by atoms with Gasteiger partial charge in [0.15, 0.2) is 0 Å². The molecule has 228 valence electrons. The fourth-order valence-electron chi connectivity index (χ4n) is 5.96. The van der Waals surface area contributed by atoms with E-state index in [-0.39, 0.29) is 27.4 Å². The van der Waals surface area contributed by atoms with Crippen molar-refractivity contribution in [1.82, 2.24) is 39.5 Å². The van der Waals surface area contributed by atoms with E-state index in [0.29, 0.717) is 5.69 Å². The van der Waals surface area contributed by atoms with Crippen molar-refractivity contribution in [3.8, 4) is 0 Å². The van der Waals surface area contributed by atoms with E-state index in [9.17, 15) is 13.2 Å². The van der Waals surface area contributed by atoms with E-state index in [0.717, 1.165) is 72.6 Å². The molecule has 11 nitrogen and oxygen atoms in total. The van der Waals surface area contributed by atoms with Gasteiger partial charge in [-0.25, -0.2) is 23.1 Å². The van der Waals surface area contributed by atoms with Gasteiger partial charge >= 0.3 is 0 Å². The summed E-state index contributed by atoms with van der Waals surface area (Å²) >= 11 is 12.1. The molecule has 1 saturated heterocycles. The smallest absolute Gasteiger partial charge is 0.264 e. The van der Waals surface area contributed by atoms with Crippen molar-refractivity contribution < 1.29 is 13.2 Å². The molecule has 1 N–H and O–H groups in total. The van der Waals surface area contributed by atoms with Crippen LogP contribution in [0.4, 0.5) is 0 Å². The number of aryl methyl sites for hydroxylation is 1. The van der Waals surface area contributed by atoms with Gasteiger partial charge in [-0.15, -0.1) is 5.10 Å². The number of sulfonamides is 1. The molecule has 1 amide bonds. The van der Waals surface area contributed by atoms with Crippen LogP contribution in [0.2, 0.25) is 10.0 Å². The number of carbonyl (C=O) groups excluding carboxylic acids is 1. The normalized spacial score (nSPS) is 21.6. The number of nitrogens with one attached hydrogen (secondary N) is 1. The lowest BCUT2D eigenvalue weighted by molar-refractivity contribution is -0.124. The molecule has 6 rings (SSSR count). The summed E-state index contributed by atoms with van der Waals surface area (Å²) in [6.45, 7) is 5.58. The lowest BCUT2D eigenvalue weighted by Gasteiger charge is -2.31. The minimum atomic E-state index is -4.11. The first-order valence-electron chi connectivity index (χ1n) is 14.6. The minimum absolute atomic E-state index is 0.0288. The second-order valence-electron chi connectivity index (χ2n) is 11.5. The van der Waals surface area contributed by atoms with E-state index in [1.807, 2.05) is 6.20 Å². The Bertz CT molecular complexity index is 1640. The molecule has 0 unspecified atom stereocenters. The first-order valence-corrected chi connectivity index (χ1v) is 16.8. The standard InChI is InChI=1S/C29H34Cl2N8O3S/c1-19-7-11-37(12-8-19)13-9-28-33-17-22-25(34-28)3-2-4-26(22)38-18-20(35-36-38)15-27-29(40)32-10-14-39(27)43(41,42)21-5-6-23(30)24(31)16-21/h5-6,10,14,16-19,26-27H,2-4,7-9,11-13,15H2,1H3,(H,32,40)/t26-,27-/m0/s1. The highest BCUT2D eigenvalue weighted by atomic mass is 35.5. The van der Waals surface area contributed by atoms with Crippen LogP contribution in [0.3, 0.4) is 0 Å². The van der Waals surface area contributed by atoms with Gasteiger partial charge in [0.2, 0.25) is 5.91 Å². The average molecular weight is 646 g/mol. The third-order valence-electron chi connectivity index (χ3n) is 8.53. The van der Waals surface area contributed by atoms with Crippen molar-refractivity contribution in [2.24, 2.45) is 5.92 Å². The number of nitrogens with zero attached hydrogens (tertiary/aromatic N) is 7. The van der Waals surface area contributed by atoms with E-state index in [1.54, 1.807) is 10.9 Å². The Morgan fingerprint density at radius 3 is 2.72 bits per heavy atom. The molecule has 0 radical (unpaired) electrons. The third kappa shape index (κ3) is 6.43. The third-order valence-corrected chi connectivity index (χ3v) is 11.1. The molecule has 3 aromatic rings. The second kappa shape index (κ2) is 12.5. The van der Waals surface area contributed by atoms with Crippen molar-refractivity contribution in [1.29, 1.82) is 0 Å². The summed E-state index contributed by atoms with van der Waals surface area (Å²) in [5.74, 6) is 1.21. The number of benzene rings is 1. The molecule has 0 spiro atoms. The highest BCUT2D eigenvalue weighted by Crippen LogP contribution is 2.32. The molecule has 2 aliphatic heterocycles. The summed E-state index contributed by atoms with van der Waals surface area (Å²) in [6, 6.07) is 2.89. The number of rotatable bonds is 8. The maximum atomic E-state index is 13.5. The van der Waals surface area contributed by atoms with Crippen LogP contribution >= 0.6 is 23.2 Å². The monoisotopic (exact) mass is 644 g/mol. The molecule has 1 aliphatic carbocycles. The van der Waals surface area contributed by atoms with Gasteiger partial charge in [-0.1, -0.05) is 35.3 Å². The van der Waals surface area contributed by atoms with Crippen molar-refractivity contribution >= 4 is 39.1 Å². The molecule has 0 saturated carbocycles. The second-order valence-corrected chi connectivity index (χ2v) is 14.2. The molecule has 2 aromatic heterocycles. The lowest BCUT2D eigenvalue weighted by Crippen LogP contribution is -2.50. The summed E-state index contributed by atoms with van der Waals surface area (Å²) < 4.78 is 29.8. The SMILES string of the molecule is CC1CCN(CCc2ncc3c(n2)CCC[C@@H]3n2cc(C[C@H]3C(=O)NC=CN3S(=O)(=O)c3ccc(Cl)c(Cl)c3)nn2)CC1. The highest BCUT2D eigenvalue weighted by Gasteiger charge is 2.37. The highest BCUT2D eigenvalue weighted by molar-refractivity contribution is 7.89. The van der Waals surface area contributed by atoms with Crippen molar-refractivity contribution in [3.63, 3.8) is 0 Å².